The fraction of sp³-hybridized carbons (Fsp3) is 0.200. The van der Waals surface area contributed by atoms with Crippen LogP contribution in [0.2, 0.25) is 0 Å². The van der Waals surface area contributed by atoms with Crippen molar-refractivity contribution in [3.63, 3.8) is 0 Å². The van der Waals surface area contributed by atoms with E-state index in [1.165, 1.54) is 18.3 Å². The van der Waals surface area contributed by atoms with E-state index in [0.717, 1.165) is 0 Å². The molecule has 0 bridgehead atoms. The van der Waals surface area contributed by atoms with Crippen molar-refractivity contribution in [1.82, 2.24) is 5.32 Å². The van der Waals surface area contributed by atoms with E-state index in [0.29, 0.717) is 10.5 Å². The third kappa shape index (κ3) is 4.47. The minimum absolute atomic E-state index is 0.000557. The van der Waals surface area contributed by atoms with Crippen molar-refractivity contribution >= 4 is 5.91 Å². The lowest BCUT2D eigenvalue weighted by Gasteiger charge is -2.13. The highest BCUT2D eigenvalue weighted by molar-refractivity contribution is 5.90. The second-order valence-corrected chi connectivity index (χ2v) is 4.40. The van der Waals surface area contributed by atoms with Crippen LogP contribution in [0.3, 0.4) is 0 Å². The monoisotopic (exact) mass is 288 g/mol. The average Bonchev–Trinajstić information content (AvgIpc) is 2.52. The van der Waals surface area contributed by atoms with Gasteiger partial charge in [-0.1, -0.05) is 18.2 Å². The number of ether oxygens (including phenoxy) is 1. The van der Waals surface area contributed by atoms with Gasteiger partial charge in [0.1, 0.15) is 18.5 Å². The molecule has 1 heterocycles. The summed E-state index contributed by atoms with van der Waals surface area (Å²) in [5.74, 6) is 0.104. The Hall–Kier alpha value is -2.60. The van der Waals surface area contributed by atoms with Crippen LogP contribution in [0.1, 0.15) is 10.5 Å². The molecule has 0 aliphatic heterocycles. The summed E-state index contributed by atoms with van der Waals surface area (Å²) < 4.78 is 5.84. The number of nitrogens with zero attached hydrogens (tertiary/aromatic N) is 1. The van der Waals surface area contributed by atoms with E-state index in [-0.39, 0.29) is 18.8 Å². The Morgan fingerprint density at radius 2 is 1.95 bits per heavy atom. The van der Waals surface area contributed by atoms with Gasteiger partial charge in [0.2, 0.25) is 0 Å². The number of carbonyl (C=O) groups excluding carboxylic acids is 1. The highest BCUT2D eigenvalue weighted by Crippen LogP contribution is 2.08. The standard InChI is InChI=1S/C15H16N2O4/c18-12(11-21-13-6-2-1-3-7-13)10-16-15(19)14-8-4-5-9-17(14)20/h1-9,12,18H,10-11H2,(H,16,19)/t12-/m1/s1. The van der Waals surface area contributed by atoms with Gasteiger partial charge in [0.05, 0.1) is 0 Å². The summed E-state index contributed by atoms with van der Waals surface area (Å²) in [5.41, 5.74) is -0.0197. The maximum Gasteiger partial charge on any atom is 0.317 e. The van der Waals surface area contributed by atoms with Gasteiger partial charge < -0.3 is 20.4 Å². The lowest BCUT2D eigenvalue weighted by molar-refractivity contribution is -0.607. The molecule has 110 valence electrons. The van der Waals surface area contributed by atoms with Gasteiger partial charge in [-0.25, -0.2) is 0 Å². The molecule has 0 unspecified atom stereocenters. The molecule has 0 radical (unpaired) electrons. The summed E-state index contributed by atoms with van der Waals surface area (Å²) in [6.07, 6.45) is 0.377. The smallest absolute Gasteiger partial charge is 0.317 e. The van der Waals surface area contributed by atoms with Gasteiger partial charge in [0.15, 0.2) is 6.20 Å². The Balaban J connectivity index is 1.77. The number of aliphatic hydroxyl groups is 1. The maximum atomic E-state index is 11.8. The Morgan fingerprint density at radius 1 is 1.24 bits per heavy atom. The van der Waals surface area contributed by atoms with Gasteiger partial charge in [-0.2, -0.15) is 4.73 Å². The molecule has 2 aromatic rings. The van der Waals surface area contributed by atoms with E-state index in [4.69, 9.17) is 4.74 Å². The summed E-state index contributed by atoms with van der Waals surface area (Å²) in [6.45, 7) is 0.0526. The van der Waals surface area contributed by atoms with Crippen molar-refractivity contribution in [3.05, 3.63) is 65.6 Å². The Morgan fingerprint density at radius 3 is 2.67 bits per heavy atom. The average molecular weight is 288 g/mol. The molecule has 2 rings (SSSR count). The van der Waals surface area contributed by atoms with Crippen LogP contribution < -0.4 is 14.8 Å². The molecule has 0 spiro atoms. The molecule has 0 saturated carbocycles. The van der Waals surface area contributed by atoms with Crippen molar-refractivity contribution in [2.24, 2.45) is 0 Å². The molecular formula is C15H16N2O4. The van der Waals surface area contributed by atoms with Gasteiger partial charge in [0.25, 0.3) is 5.69 Å². The number of aromatic nitrogens is 1. The summed E-state index contributed by atoms with van der Waals surface area (Å²) >= 11 is 0. The van der Waals surface area contributed by atoms with E-state index in [1.54, 1.807) is 18.2 Å². The first-order valence-corrected chi connectivity index (χ1v) is 6.49. The zero-order valence-corrected chi connectivity index (χ0v) is 11.3. The fourth-order valence-corrected chi connectivity index (χ4v) is 1.67. The Bertz CT molecular complexity index is 589. The van der Waals surface area contributed by atoms with Crippen LogP contribution in [0.4, 0.5) is 0 Å². The molecule has 0 saturated heterocycles. The molecule has 1 amide bonds. The highest BCUT2D eigenvalue weighted by Gasteiger charge is 2.16. The summed E-state index contributed by atoms with van der Waals surface area (Å²) in [5, 5.41) is 23.6. The molecular weight excluding hydrogens is 272 g/mol. The molecule has 0 aliphatic carbocycles. The number of benzene rings is 1. The van der Waals surface area contributed by atoms with Crippen LogP contribution in [-0.4, -0.2) is 30.3 Å². The van der Waals surface area contributed by atoms with E-state index in [9.17, 15) is 15.1 Å². The number of rotatable bonds is 6. The van der Waals surface area contributed by atoms with Crippen LogP contribution in [0.5, 0.6) is 5.75 Å². The molecule has 0 aliphatic rings. The quantitative estimate of drug-likeness (QED) is 0.598. The van der Waals surface area contributed by atoms with E-state index in [2.05, 4.69) is 5.32 Å². The van der Waals surface area contributed by atoms with Crippen molar-refractivity contribution in [2.45, 2.75) is 6.10 Å². The van der Waals surface area contributed by atoms with Crippen LogP contribution in [0.15, 0.2) is 54.7 Å². The summed E-state index contributed by atoms with van der Waals surface area (Å²) in [4.78, 5) is 11.8. The van der Waals surface area contributed by atoms with Crippen molar-refractivity contribution in [1.29, 1.82) is 0 Å². The predicted molar refractivity (Wildman–Crippen MR) is 75.7 cm³/mol. The number of pyridine rings is 1. The molecule has 6 nitrogen and oxygen atoms in total. The minimum Gasteiger partial charge on any atom is -0.618 e. The van der Waals surface area contributed by atoms with Crippen LogP contribution in [0, 0.1) is 5.21 Å². The fourth-order valence-electron chi connectivity index (χ4n) is 1.67. The number of aliphatic hydroxyl groups excluding tert-OH is 1. The topological polar surface area (TPSA) is 85.5 Å². The second kappa shape index (κ2) is 7.25. The number of hydrogen-bond donors (Lipinski definition) is 2. The first-order chi connectivity index (χ1) is 10.2. The zero-order chi connectivity index (χ0) is 15.1. The maximum absolute atomic E-state index is 11.8. The van der Waals surface area contributed by atoms with Crippen molar-refractivity contribution in [2.75, 3.05) is 13.2 Å². The van der Waals surface area contributed by atoms with Crippen LogP contribution in [-0.2, 0) is 0 Å². The largest absolute Gasteiger partial charge is 0.618 e. The minimum atomic E-state index is -0.863. The molecule has 1 aromatic carbocycles. The van der Waals surface area contributed by atoms with Crippen LogP contribution in [0.25, 0.3) is 0 Å². The molecule has 6 heteroatoms. The number of carbonyl (C=O) groups is 1. The van der Waals surface area contributed by atoms with Gasteiger partial charge >= 0.3 is 5.91 Å². The third-order valence-electron chi connectivity index (χ3n) is 2.74. The van der Waals surface area contributed by atoms with E-state index >= 15 is 0 Å². The van der Waals surface area contributed by atoms with Gasteiger partial charge in [0, 0.05) is 18.7 Å². The van der Waals surface area contributed by atoms with Crippen LogP contribution >= 0.6 is 0 Å². The number of hydrogen-bond acceptors (Lipinski definition) is 4. The van der Waals surface area contributed by atoms with Gasteiger partial charge in [-0.05, 0) is 18.2 Å². The molecule has 0 fully saturated rings. The van der Waals surface area contributed by atoms with Crippen molar-refractivity contribution < 1.29 is 19.4 Å². The van der Waals surface area contributed by atoms with Gasteiger partial charge in [-0.3, -0.25) is 4.79 Å². The number of amides is 1. The third-order valence-corrected chi connectivity index (χ3v) is 2.74. The van der Waals surface area contributed by atoms with E-state index < -0.39 is 12.0 Å². The Labute approximate surface area is 122 Å². The molecule has 1 aromatic heterocycles. The molecule has 21 heavy (non-hydrogen) atoms. The van der Waals surface area contributed by atoms with E-state index in [1.807, 2.05) is 18.2 Å². The summed E-state index contributed by atoms with van der Waals surface area (Å²) in [6, 6.07) is 13.6. The predicted octanol–water partition coefficient (Wildman–Crippen LogP) is 0.490. The lowest BCUT2D eigenvalue weighted by Crippen LogP contribution is -2.42. The Kier molecular flexibility index (Phi) is 5.11. The second-order valence-electron chi connectivity index (χ2n) is 4.40. The first kappa shape index (κ1) is 14.8. The normalized spacial score (nSPS) is 11.7. The van der Waals surface area contributed by atoms with Gasteiger partial charge in [-0.15, -0.1) is 0 Å². The van der Waals surface area contributed by atoms with Crippen molar-refractivity contribution in [3.8, 4) is 5.75 Å². The number of nitrogens with one attached hydrogen (secondary N) is 1. The SMILES string of the molecule is O=C(NC[C@@H](O)COc1ccccc1)c1cccc[n+]1[O-]. The first-order valence-electron chi connectivity index (χ1n) is 6.49. The molecule has 2 N–H and O–H groups in total. The molecule has 1 atom stereocenters. The lowest BCUT2D eigenvalue weighted by atomic mass is 10.3. The zero-order valence-electron chi connectivity index (χ0n) is 11.3. The summed E-state index contributed by atoms with van der Waals surface area (Å²) in [7, 11) is 0. The highest BCUT2D eigenvalue weighted by atomic mass is 16.5. The number of para-hydroxylation sites is 1.